The van der Waals surface area contributed by atoms with Crippen LogP contribution in [0.2, 0.25) is 6.55 Å². The summed E-state index contributed by atoms with van der Waals surface area (Å²) in [4.78, 5) is 0. The van der Waals surface area contributed by atoms with E-state index in [2.05, 4.69) is 6.58 Å². The Morgan fingerprint density at radius 3 is 2.20 bits per heavy atom. The van der Waals surface area contributed by atoms with Crippen LogP contribution in [-0.2, 0) is 13.3 Å². The van der Waals surface area contributed by atoms with E-state index < -0.39 is 8.80 Å². The molecule has 0 atom stereocenters. The van der Waals surface area contributed by atoms with Gasteiger partial charge in [-0.3, -0.25) is 0 Å². The molecule has 0 aliphatic heterocycles. The molecule has 60 valence electrons. The normalized spacial score (nSPS) is 11.5. The molecule has 0 radical (unpaired) electrons. The molecule has 0 saturated carbocycles. The Morgan fingerprint density at radius 1 is 1.40 bits per heavy atom. The van der Waals surface area contributed by atoms with Gasteiger partial charge >= 0.3 is 8.80 Å². The van der Waals surface area contributed by atoms with Crippen molar-refractivity contribution < 1.29 is 13.3 Å². The van der Waals surface area contributed by atoms with Gasteiger partial charge in [-0.15, -0.1) is 6.58 Å². The first-order valence-corrected chi connectivity index (χ1v) is 5.26. The van der Waals surface area contributed by atoms with Gasteiger partial charge in [0.15, 0.2) is 0 Å². The van der Waals surface area contributed by atoms with E-state index in [4.69, 9.17) is 13.3 Å². The quantitative estimate of drug-likeness (QED) is 0.447. The maximum absolute atomic E-state index is 5.25. The molecule has 4 heteroatoms. The summed E-state index contributed by atoms with van der Waals surface area (Å²) in [6, 6.07) is 0. The lowest BCUT2D eigenvalue weighted by Crippen LogP contribution is -2.40. The minimum absolute atomic E-state index is 0.477. The summed E-state index contributed by atoms with van der Waals surface area (Å²) in [7, 11) is 0.875. The minimum atomic E-state index is -2.29. The molecule has 10 heavy (non-hydrogen) atoms. The fourth-order valence-corrected chi connectivity index (χ4v) is 1.23. The Kier molecular flexibility index (Phi) is 4.55. The summed E-state index contributed by atoms with van der Waals surface area (Å²) in [5, 5.41) is 0. The lowest BCUT2D eigenvalue weighted by Gasteiger charge is -2.20. The standard InChI is InChI=1S/C6H14O3Si/c1-5-6-9-10(4,7-2)8-3/h5H,1,6H2,2-4H3. The summed E-state index contributed by atoms with van der Waals surface area (Å²) in [5.74, 6) is 0. The molecule has 0 unspecified atom stereocenters. The number of hydrogen-bond donors (Lipinski definition) is 0. The largest absolute Gasteiger partial charge is 0.497 e. The van der Waals surface area contributed by atoms with Gasteiger partial charge in [0.05, 0.1) is 6.61 Å². The van der Waals surface area contributed by atoms with Gasteiger partial charge < -0.3 is 13.3 Å². The van der Waals surface area contributed by atoms with E-state index in [1.54, 1.807) is 20.3 Å². The molecule has 0 heterocycles. The van der Waals surface area contributed by atoms with Gasteiger partial charge in [-0.1, -0.05) is 6.08 Å². The molecule has 0 N–H and O–H groups in total. The molecule has 0 fully saturated rings. The molecule has 0 spiro atoms. The molecule has 0 aromatic heterocycles. The molecular formula is C6H14O3Si. The Morgan fingerprint density at radius 2 is 1.90 bits per heavy atom. The van der Waals surface area contributed by atoms with Crippen molar-refractivity contribution in [3.05, 3.63) is 12.7 Å². The van der Waals surface area contributed by atoms with Crippen molar-refractivity contribution in [1.82, 2.24) is 0 Å². The van der Waals surface area contributed by atoms with Crippen molar-refractivity contribution in [2.45, 2.75) is 6.55 Å². The highest BCUT2D eigenvalue weighted by Crippen LogP contribution is 2.04. The van der Waals surface area contributed by atoms with Crippen LogP contribution in [0.5, 0.6) is 0 Å². The van der Waals surface area contributed by atoms with E-state index >= 15 is 0 Å². The van der Waals surface area contributed by atoms with E-state index in [1.165, 1.54) is 0 Å². The number of rotatable bonds is 5. The van der Waals surface area contributed by atoms with Gasteiger partial charge in [-0.05, 0) is 0 Å². The van der Waals surface area contributed by atoms with Crippen LogP contribution in [-0.4, -0.2) is 29.6 Å². The number of hydrogen-bond acceptors (Lipinski definition) is 3. The third-order valence-corrected chi connectivity index (χ3v) is 3.38. The van der Waals surface area contributed by atoms with Gasteiger partial charge in [-0.2, -0.15) is 0 Å². The van der Waals surface area contributed by atoms with Crippen molar-refractivity contribution >= 4 is 8.80 Å². The van der Waals surface area contributed by atoms with Crippen molar-refractivity contribution in [3.63, 3.8) is 0 Å². The predicted molar refractivity (Wildman–Crippen MR) is 41.8 cm³/mol. The zero-order chi connectivity index (χ0) is 8.04. The van der Waals surface area contributed by atoms with Crippen LogP contribution in [0.15, 0.2) is 12.7 Å². The van der Waals surface area contributed by atoms with E-state index in [0.29, 0.717) is 6.61 Å². The van der Waals surface area contributed by atoms with Crippen LogP contribution in [0.3, 0.4) is 0 Å². The molecule has 3 nitrogen and oxygen atoms in total. The second-order valence-corrected chi connectivity index (χ2v) is 4.70. The lowest BCUT2D eigenvalue weighted by molar-refractivity contribution is 0.118. The Balaban J connectivity index is 3.68. The van der Waals surface area contributed by atoms with Gasteiger partial charge in [-0.25, -0.2) is 0 Å². The van der Waals surface area contributed by atoms with Crippen LogP contribution >= 0.6 is 0 Å². The van der Waals surface area contributed by atoms with Gasteiger partial charge in [0.25, 0.3) is 0 Å². The zero-order valence-corrected chi connectivity index (χ0v) is 7.72. The molecule has 0 aromatic rings. The highest BCUT2D eigenvalue weighted by molar-refractivity contribution is 6.59. The average Bonchev–Trinajstić information content (AvgIpc) is 2.00. The summed E-state index contributed by atoms with van der Waals surface area (Å²) >= 11 is 0. The Bertz CT molecular complexity index is 101. The monoisotopic (exact) mass is 162 g/mol. The highest BCUT2D eigenvalue weighted by atomic mass is 28.4. The van der Waals surface area contributed by atoms with Crippen molar-refractivity contribution in [2.24, 2.45) is 0 Å². The predicted octanol–water partition coefficient (Wildman–Crippen LogP) is 1.05. The first-order valence-electron chi connectivity index (χ1n) is 3.03. The molecule has 0 bridgehead atoms. The second kappa shape index (κ2) is 4.62. The lowest BCUT2D eigenvalue weighted by atomic mass is 10.7. The maximum Gasteiger partial charge on any atom is 0.497 e. The second-order valence-electron chi connectivity index (χ2n) is 1.87. The zero-order valence-electron chi connectivity index (χ0n) is 6.72. The van der Waals surface area contributed by atoms with Crippen LogP contribution in [0.4, 0.5) is 0 Å². The Hall–Kier alpha value is -0.163. The van der Waals surface area contributed by atoms with Crippen molar-refractivity contribution in [3.8, 4) is 0 Å². The summed E-state index contributed by atoms with van der Waals surface area (Å²) < 4.78 is 15.3. The van der Waals surface area contributed by atoms with Crippen LogP contribution in [0, 0.1) is 0 Å². The molecule has 0 saturated heterocycles. The topological polar surface area (TPSA) is 27.7 Å². The summed E-state index contributed by atoms with van der Waals surface area (Å²) in [5.41, 5.74) is 0. The molecule has 0 aromatic carbocycles. The van der Waals surface area contributed by atoms with E-state index in [9.17, 15) is 0 Å². The first-order chi connectivity index (χ1) is 4.68. The van der Waals surface area contributed by atoms with Crippen molar-refractivity contribution in [2.75, 3.05) is 20.8 Å². The summed E-state index contributed by atoms with van der Waals surface area (Å²) in [6.45, 7) is 5.82. The molecular weight excluding hydrogens is 148 g/mol. The average molecular weight is 162 g/mol. The molecule has 0 aliphatic carbocycles. The van der Waals surface area contributed by atoms with Crippen LogP contribution in [0.25, 0.3) is 0 Å². The van der Waals surface area contributed by atoms with E-state index in [-0.39, 0.29) is 0 Å². The van der Waals surface area contributed by atoms with Gasteiger partial charge in [0.1, 0.15) is 0 Å². The van der Waals surface area contributed by atoms with Crippen molar-refractivity contribution in [1.29, 1.82) is 0 Å². The van der Waals surface area contributed by atoms with E-state index in [1.807, 2.05) is 6.55 Å². The molecule has 0 amide bonds. The third-order valence-electron chi connectivity index (χ3n) is 1.20. The first kappa shape index (κ1) is 9.84. The molecule has 0 aliphatic rings. The van der Waals surface area contributed by atoms with Gasteiger partial charge in [0.2, 0.25) is 0 Å². The SMILES string of the molecule is C=CCO[Si](C)(OC)OC. The minimum Gasteiger partial charge on any atom is -0.377 e. The summed E-state index contributed by atoms with van der Waals surface area (Å²) in [6.07, 6.45) is 1.67. The molecule has 0 rings (SSSR count). The fraction of sp³-hybridized carbons (Fsp3) is 0.667. The Labute approximate surface area is 63.0 Å². The highest BCUT2D eigenvalue weighted by Gasteiger charge is 2.30. The third kappa shape index (κ3) is 3.12. The maximum atomic E-state index is 5.25. The van der Waals surface area contributed by atoms with E-state index in [0.717, 1.165) is 0 Å². The van der Waals surface area contributed by atoms with Gasteiger partial charge in [0, 0.05) is 20.8 Å². The van der Waals surface area contributed by atoms with Crippen LogP contribution < -0.4 is 0 Å². The fourth-order valence-electron chi connectivity index (χ4n) is 0.411. The smallest absolute Gasteiger partial charge is 0.377 e. The van der Waals surface area contributed by atoms with Crippen LogP contribution in [0.1, 0.15) is 0 Å².